The molecule has 0 spiro atoms. The van der Waals surface area contributed by atoms with Gasteiger partial charge in [-0.05, 0) is 24.6 Å². The summed E-state index contributed by atoms with van der Waals surface area (Å²) in [5, 5.41) is 2.31. The highest BCUT2D eigenvalue weighted by Crippen LogP contribution is 2.14. The molecule has 0 fully saturated rings. The zero-order valence-corrected chi connectivity index (χ0v) is 18.0. The summed E-state index contributed by atoms with van der Waals surface area (Å²) in [7, 11) is -2.62. The van der Waals surface area contributed by atoms with E-state index in [1.165, 1.54) is 19.2 Å². The Bertz CT molecular complexity index is 1030. The van der Waals surface area contributed by atoms with E-state index >= 15 is 0 Å². The fraction of sp³-hybridized carbons (Fsp3) is 0.250. The summed E-state index contributed by atoms with van der Waals surface area (Å²) in [4.78, 5) is 35.8. The van der Waals surface area contributed by atoms with Crippen LogP contribution >= 0.6 is 0 Å². The minimum Gasteiger partial charge on any atom is -0.352 e. The van der Waals surface area contributed by atoms with Gasteiger partial charge in [0.25, 0.3) is 11.8 Å². The molecule has 10 nitrogen and oxygen atoms in total. The third-order valence-corrected chi connectivity index (χ3v) is 6.15. The van der Waals surface area contributed by atoms with Gasteiger partial charge < -0.3 is 11.1 Å². The van der Waals surface area contributed by atoms with Crippen molar-refractivity contribution in [2.75, 3.05) is 13.6 Å². The first kappa shape index (κ1) is 23.8. The third kappa shape index (κ3) is 7.08. The predicted octanol–water partition coefficient (Wildman–Crippen LogP) is 0.0425. The Kier molecular flexibility index (Phi) is 8.11. The van der Waals surface area contributed by atoms with E-state index in [0.717, 1.165) is 15.4 Å². The summed E-state index contributed by atoms with van der Waals surface area (Å²) in [5.41, 5.74) is 11.1. The number of carbonyl (C=O) groups is 3. The van der Waals surface area contributed by atoms with Crippen molar-refractivity contribution in [3.8, 4) is 0 Å². The fourth-order valence-corrected chi connectivity index (χ4v) is 3.79. The number of rotatable bonds is 8. The van der Waals surface area contributed by atoms with Crippen LogP contribution in [0.2, 0.25) is 0 Å². The first-order chi connectivity index (χ1) is 14.6. The lowest BCUT2D eigenvalue weighted by molar-refractivity contribution is -0.129. The number of amides is 4. The maximum atomic E-state index is 12.5. The number of nitrogens with two attached hydrogens (primary N) is 1. The molecule has 2 aromatic rings. The van der Waals surface area contributed by atoms with Crippen LogP contribution in [-0.2, 0) is 26.0 Å². The van der Waals surface area contributed by atoms with Crippen molar-refractivity contribution in [1.29, 1.82) is 0 Å². The van der Waals surface area contributed by atoms with Crippen molar-refractivity contribution in [2.45, 2.75) is 24.3 Å². The minimum absolute atomic E-state index is 0.0472. The number of benzene rings is 2. The molecule has 2 rings (SSSR count). The molecule has 0 aliphatic rings. The molecule has 0 radical (unpaired) electrons. The Morgan fingerprint density at radius 3 is 2.19 bits per heavy atom. The summed E-state index contributed by atoms with van der Waals surface area (Å²) in [6, 6.07) is 13.2. The molecular weight excluding hydrogens is 422 g/mol. The monoisotopic (exact) mass is 447 g/mol. The predicted molar refractivity (Wildman–Crippen MR) is 114 cm³/mol. The quantitative estimate of drug-likeness (QED) is 0.421. The average molecular weight is 448 g/mol. The number of nitrogens with one attached hydrogen (secondary N) is 3. The van der Waals surface area contributed by atoms with E-state index in [2.05, 4.69) is 16.2 Å². The maximum Gasteiger partial charge on any atom is 0.312 e. The summed E-state index contributed by atoms with van der Waals surface area (Å²) in [5.74, 6) is -1.47. The second kappa shape index (κ2) is 10.5. The number of aryl methyl sites for hydroxylation is 1. The number of hydrogen-bond acceptors (Lipinski definition) is 5. The van der Waals surface area contributed by atoms with Crippen molar-refractivity contribution < 1.29 is 22.8 Å². The van der Waals surface area contributed by atoms with Crippen LogP contribution < -0.4 is 21.9 Å². The maximum absolute atomic E-state index is 12.5. The molecular formula is C20H25N5O5S. The first-order valence-corrected chi connectivity index (χ1v) is 10.7. The number of primary amides is 1. The van der Waals surface area contributed by atoms with Crippen LogP contribution in [0.25, 0.3) is 0 Å². The second-order valence-electron chi connectivity index (χ2n) is 6.86. The van der Waals surface area contributed by atoms with E-state index in [1.807, 2.05) is 13.0 Å². The molecule has 0 aliphatic heterocycles. The number of urea groups is 1. The van der Waals surface area contributed by atoms with Crippen molar-refractivity contribution in [3.05, 3.63) is 65.7 Å². The Morgan fingerprint density at radius 2 is 1.61 bits per heavy atom. The smallest absolute Gasteiger partial charge is 0.312 e. The minimum atomic E-state index is -3.88. The van der Waals surface area contributed by atoms with Gasteiger partial charge in [-0.1, -0.05) is 48.0 Å². The van der Waals surface area contributed by atoms with Crippen molar-refractivity contribution in [2.24, 2.45) is 5.73 Å². The molecule has 0 aromatic heterocycles. The SMILES string of the molecule is Cc1ccc(S(=O)(=O)N(C)CC(=O)NNC(=O)C(Cc2ccccc2)NC(N)=O)cc1. The second-order valence-corrected chi connectivity index (χ2v) is 8.91. The van der Waals surface area contributed by atoms with Gasteiger partial charge in [0.05, 0.1) is 11.4 Å². The van der Waals surface area contributed by atoms with Crippen molar-refractivity contribution >= 4 is 27.9 Å². The molecule has 31 heavy (non-hydrogen) atoms. The highest BCUT2D eigenvalue weighted by molar-refractivity contribution is 7.89. The largest absolute Gasteiger partial charge is 0.352 e. The van der Waals surface area contributed by atoms with Gasteiger partial charge in [-0.25, -0.2) is 13.2 Å². The zero-order chi connectivity index (χ0) is 23.0. The molecule has 1 atom stereocenters. The van der Waals surface area contributed by atoms with Crippen molar-refractivity contribution in [1.82, 2.24) is 20.5 Å². The summed E-state index contributed by atoms with van der Waals surface area (Å²) in [6.45, 7) is 1.30. The van der Waals surface area contributed by atoms with E-state index in [-0.39, 0.29) is 11.3 Å². The molecule has 4 amide bonds. The van der Waals surface area contributed by atoms with E-state index in [0.29, 0.717) is 0 Å². The average Bonchev–Trinajstić information content (AvgIpc) is 2.72. The van der Waals surface area contributed by atoms with E-state index < -0.39 is 40.5 Å². The normalized spacial score (nSPS) is 12.1. The van der Waals surface area contributed by atoms with Gasteiger partial charge in [-0.2, -0.15) is 4.31 Å². The Balaban J connectivity index is 1.95. The number of likely N-dealkylation sites (N-methyl/N-ethyl adjacent to an activating group) is 1. The Hall–Kier alpha value is -3.44. The number of carbonyl (C=O) groups excluding carboxylic acids is 3. The van der Waals surface area contributed by atoms with Gasteiger partial charge in [0.15, 0.2) is 0 Å². The van der Waals surface area contributed by atoms with Crippen LogP contribution in [0.5, 0.6) is 0 Å². The Labute approximate surface area is 180 Å². The van der Waals surface area contributed by atoms with Gasteiger partial charge >= 0.3 is 6.03 Å². The molecule has 1 unspecified atom stereocenters. The summed E-state index contributed by atoms with van der Waals surface area (Å²) in [6.07, 6.45) is 0.146. The zero-order valence-electron chi connectivity index (χ0n) is 17.2. The van der Waals surface area contributed by atoms with Gasteiger partial charge in [0.2, 0.25) is 10.0 Å². The third-order valence-electron chi connectivity index (χ3n) is 4.34. The van der Waals surface area contributed by atoms with Crippen LogP contribution in [0.1, 0.15) is 11.1 Å². The van der Waals surface area contributed by atoms with E-state index in [9.17, 15) is 22.8 Å². The molecule has 166 valence electrons. The molecule has 0 aliphatic carbocycles. The molecule has 0 bridgehead atoms. The lowest BCUT2D eigenvalue weighted by Gasteiger charge is -2.19. The lowest BCUT2D eigenvalue weighted by atomic mass is 10.1. The van der Waals surface area contributed by atoms with Gasteiger partial charge in [0.1, 0.15) is 6.04 Å². The van der Waals surface area contributed by atoms with E-state index in [1.54, 1.807) is 36.4 Å². The molecule has 0 heterocycles. The fourth-order valence-electron chi connectivity index (χ4n) is 2.67. The first-order valence-electron chi connectivity index (χ1n) is 9.31. The van der Waals surface area contributed by atoms with Gasteiger partial charge in [0, 0.05) is 13.5 Å². The lowest BCUT2D eigenvalue weighted by Crippen LogP contribution is -2.55. The topological polar surface area (TPSA) is 151 Å². The highest BCUT2D eigenvalue weighted by Gasteiger charge is 2.24. The number of hydrazine groups is 1. The molecule has 11 heteroatoms. The molecule has 0 saturated carbocycles. The van der Waals surface area contributed by atoms with Crippen LogP contribution in [0.3, 0.4) is 0 Å². The van der Waals surface area contributed by atoms with E-state index in [4.69, 9.17) is 5.73 Å². The van der Waals surface area contributed by atoms with Gasteiger partial charge in [-0.3, -0.25) is 20.4 Å². The van der Waals surface area contributed by atoms with Crippen molar-refractivity contribution in [3.63, 3.8) is 0 Å². The van der Waals surface area contributed by atoms with Crippen LogP contribution in [0.4, 0.5) is 4.79 Å². The summed E-state index contributed by atoms with van der Waals surface area (Å²) < 4.78 is 26.0. The van der Waals surface area contributed by atoms with Gasteiger partial charge in [-0.15, -0.1) is 0 Å². The number of nitrogens with zero attached hydrogens (tertiary/aromatic N) is 1. The van der Waals surface area contributed by atoms with Crippen LogP contribution in [-0.4, -0.2) is 50.2 Å². The van der Waals surface area contributed by atoms with Crippen LogP contribution in [0.15, 0.2) is 59.5 Å². The molecule has 0 saturated heterocycles. The number of hydrogen-bond donors (Lipinski definition) is 4. The van der Waals surface area contributed by atoms with Crippen LogP contribution in [0, 0.1) is 6.92 Å². The standard InChI is InChI=1S/C20H25N5O5S/c1-14-8-10-16(11-9-14)31(29,30)25(2)13-18(26)23-24-19(27)17(22-20(21)28)12-15-6-4-3-5-7-15/h3-11,17H,12-13H2,1-2H3,(H,23,26)(H,24,27)(H3,21,22,28). The highest BCUT2D eigenvalue weighted by atomic mass is 32.2. The Morgan fingerprint density at radius 1 is 1.00 bits per heavy atom. The number of sulfonamides is 1. The molecule has 2 aromatic carbocycles. The molecule has 5 N–H and O–H groups in total. The summed E-state index contributed by atoms with van der Waals surface area (Å²) >= 11 is 0.